The molecule has 2 aromatic carbocycles. The molecule has 0 aliphatic carbocycles. The number of carbonyl (C=O) groups excluding carboxylic acids is 1. The lowest BCUT2D eigenvalue weighted by Crippen LogP contribution is -2.28. The van der Waals surface area contributed by atoms with Crippen LogP contribution in [0.3, 0.4) is 0 Å². The molecule has 0 saturated heterocycles. The fourth-order valence-corrected chi connectivity index (χ4v) is 2.46. The number of benzene rings is 2. The van der Waals surface area contributed by atoms with Crippen LogP contribution >= 0.6 is 0 Å². The normalized spacial score (nSPS) is 11.8. The highest BCUT2D eigenvalue weighted by Crippen LogP contribution is 2.19. The maximum atomic E-state index is 12.2. The van der Waals surface area contributed by atoms with Crippen LogP contribution in [-0.2, 0) is 11.2 Å². The van der Waals surface area contributed by atoms with Gasteiger partial charge in [0.25, 0.3) is 0 Å². The van der Waals surface area contributed by atoms with E-state index in [1.807, 2.05) is 49.4 Å². The summed E-state index contributed by atoms with van der Waals surface area (Å²) < 4.78 is 5.27. The van der Waals surface area contributed by atoms with Crippen LogP contribution in [0.1, 0.15) is 29.7 Å². The summed E-state index contributed by atoms with van der Waals surface area (Å²) in [4.78, 5) is 12.2. The monoisotopic (exact) mass is 283 g/mol. The number of aryl methyl sites for hydroxylation is 1. The van der Waals surface area contributed by atoms with Crippen molar-refractivity contribution in [2.45, 2.75) is 26.3 Å². The lowest BCUT2D eigenvalue weighted by atomic mass is 10.0. The molecule has 21 heavy (non-hydrogen) atoms. The van der Waals surface area contributed by atoms with Gasteiger partial charge in [0.15, 0.2) is 0 Å². The Labute approximate surface area is 126 Å². The van der Waals surface area contributed by atoms with Crippen LogP contribution in [0.25, 0.3) is 0 Å². The molecule has 1 N–H and O–H groups in total. The molecule has 1 unspecified atom stereocenters. The molecule has 0 aliphatic heterocycles. The Morgan fingerprint density at radius 1 is 1.14 bits per heavy atom. The van der Waals surface area contributed by atoms with Crippen LogP contribution in [-0.4, -0.2) is 13.0 Å². The second-order valence-corrected chi connectivity index (χ2v) is 5.13. The summed E-state index contributed by atoms with van der Waals surface area (Å²) in [7, 11) is 1.62. The summed E-state index contributed by atoms with van der Waals surface area (Å²) in [5, 5.41) is 3.04. The van der Waals surface area contributed by atoms with Crippen molar-refractivity contribution >= 4 is 5.91 Å². The van der Waals surface area contributed by atoms with Gasteiger partial charge in [0.2, 0.25) is 5.91 Å². The second kappa shape index (κ2) is 6.93. The van der Waals surface area contributed by atoms with E-state index < -0.39 is 0 Å². The first kappa shape index (κ1) is 15.1. The lowest BCUT2D eigenvalue weighted by molar-refractivity contribution is -0.121. The number of ether oxygens (including phenoxy) is 1. The average Bonchev–Trinajstić information content (AvgIpc) is 2.48. The molecule has 0 bridgehead atoms. The van der Waals surface area contributed by atoms with Gasteiger partial charge < -0.3 is 10.1 Å². The molecule has 110 valence electrons. The average molecular weight is 283 g/mol. The number of hydrogen-bond donors (Lipinski definition) is 1. The van der Waals surface area contributed by atoms with E-state index in [-0.39, 0.29) is 11.9 Å². The van der Waals surface area contributed by atoms with Crippen molar-refractivity contribution in [1.82, 2.24) is 5.32 Å². The summed E-state index contributed by atoms with van der Waals surface area (Å²) in [5.74, 6) is 0.742. The van der Waals surface area contributed by atoms with Crippen LogP contribution in [0.4, 0.5) is 0 Å². The molecule has 1 amide bonds. The number of carbonyl (C=O) groups is 1. The summed E-state index contributed by atoms with van der Waals surface area (Å²) in [6.07, 6.45) is 0.320. The fourth-order valence-electron chi connectivity index (χ4n) is 2.46. The predicted molar refractivity (Wildman–Crippen MR) is 84.4 cm³/mol. The van der Waals surface area contributed by atoms with Crippen LogP contribution in [0.15, 0.2) is 48.5 Å². The van der Waals surface area contributed by atoms with E-state index >= 15 is 0 Å². The first-order valence-electron chi connectivity index (χ1n) is 7.08. The van der Waals surface area contributed by atoms with E-state index in [2.05, 4.69) is 18.3 Å². The Morgan fingerprint density at radius 2 is 1.81 bits per heavy atom. The zero-order valence-electron chi connectivity index (χ0n) is 12.7. The first-order chi connectivity index (χ1) is 10.1. The maximum Gasteiger partial charge on any atom is 0.225 e. The van der Waals surface area contributed by atoms with E-state index in [1.165, 1.54) is 5.56 Å². The van der Waals surface area contributed by atoms with Crippen molar-refractivity contribution in [3.63, 3.8) is 0 Å². The van der Waals surface area contributed by atoms with Gasteiger partial charge in [-0.2, -0.15) is 0 Å². The Balaban J connectivity index is 2.03. The second-order valence-electron chi connectivity index (χ2n) is 5.13. The van der Waals surface area contributed by atoms with Crippen LogP contribution in [0, 0.1) is 6.92 Å². The molecule has 3 nitrogen and oxygen atoms in total. The molecule has 0 aromatic heterocycles. The van der Waals surface area contributed by atoms with Gasteiger partial charge >= 0.3 is 0 Å². The van der Waals surface area contributed by atoms with Crippen LogP contribution in [0.5, 0.6) is 5.75 Å². The van der Waals surface area contributed by atoms with E-state index in [9.17, 15) is 4.79 Å². The smallest absolute Gasteiger partial charge is 0.225 e. The third-order valence-electron chi connectivity index (χ3n) is 3.58. The molecule has 0 spiro atoms. The molecule has 0 heterocycles. The topological polar surface area (TPSA) is 38.3 Å². The van der Waals surface area contributed by atoms with E-state index in [4.69, 9.17) is 4.74 Å². The lowest BCUT2D eigenvalue weighted by Gasteiger charge is -2.17. The van der Waals surface area contributed by atoms with Gasteiger partial charge in [0.1, 0.15) is 5.75 Å². The summed E-state index contributed by atoms with van der Waals surface area (Å²) >= 11 is 0. The Hall–Kier alpha value is -2.29. The Morgan fingerprint density at radius 3 is 2.52 bits per heavy atom. The number of hydrogen-bond acceptors (Lipinski definition) is 2. The molecule has 1 atom stereocenters. The highest BCUT2D eigenvalue weighted by atomic mass is 16.5. The van der Waals surface area contributed by atoms with Crippen molar-refractivity contribution in [1.29, 1.82) is 0 Å². The highest BCUT2D eigenvalue weighted by molar-refractivity contribution is 5.79. The summed E-state index contributed by atoms with van der Waals surface area (Å²) in [6, 6.07) is 15.7. The molecule has 0 aliphatic rings. The Bertz CT molecular complexity index is 622. The minimum atomic E-state index is -0.00610. The molecular formula is C18H21NO2. The molecule has 0 radical (unpaired) electrons. The molecule has 2 aromatic rings. The van der Waals surface area contributed by atoms with Gasteiger partial charge in [-0.3, -0.25) is 4.79 Å². The maximum absolute atomic E-state index is 12.2. The zero-order valence-corrected chi connectivity index (χ0v) is 12.7. The molecule has 2 rings (SSSR count). The SMILES string of the molecule is COc1ccccc1CC(=O)NC(C)c1ccccc1C. The van der Waals surface area contributed by atoms with Crippen LogP contribution in [0.2, 0.25) is 0 Å². The van der Waals surface area contributed by atoms with Crippen molar-refractivity contribution in [2.24, 2.45) is 0 Å². The minimum Gasteiger partial charge on any atom is -0.496 e. The minimum absolute atomic E-state index is 0.00440. The van der Waals surface area contributed by atoms with Gasteiger partial charge in [-0.25, -0.2) is 0 Å². The molecule has 0 fully saturated rings. The predicted octanol–water partition coefficient (Wildman–Crippen LogP) is 3.42. The molecule has 0 saturated carbocycles. The third-order valence-corrected chi connectivity index (χ3v) is 3.58. The van der Waals surface area contributed by atoms with E-state index in [0.29, 0.717) is 6.42 Å². The van der Waals surface area contributed by atoms with Gasteiger partial charge in [0, 0.05) is 5.56 Å². The number of amides is 1. The number of nitrogens with one attached hydrogen (secondary N) is 1. The van der Waals surface area contributed by atoms with Crippen molar-refractivity contribution in [2.75, 3.05) is 7.11 Å². The molecule has 3 heteroatoms. The van der Waals surface area contributed by atoms with Crippen molar-refractivity contribution < 1.29 is 9.53 Å². The molecular weight excluding hydrogens is 262 g/mol. The van der Waals surface area contributed by atoms with Crippen LogP contribution < -0.4 is 10.1 Å². The first-order valence-corrected chi connectivity index (χ1v) is 7.08. The van der Waals surface area contributed by atoms with Gasteiger partial charge in [0.05, 0.1) is 19.6 Å². The summed E-state index contributed by atoms with van der Waals surface area (Å²) in [5.41, 5.74) is 3.22. The van der Waals surface area contributed by atoms with E-state index in [0.717, 1.165) is 16.9 Å². The van der Waals surface area contributed by atoms with Crippen molar-refractivity contribution in [3.8, 4) is 5.75 Å². The van der Waals surface area contributed by atoms with E-state index in [1.54, 1.807) is 7.11 Å². The Kier molecular flexibility index (Phi) is 4.99. The fraction of sp³-hybridized carbons (Fsp3) is 0.278. The van der Waals surface area contributed by atoms with Gasteiger partial charge in [-0.15, -0.1) is 0 Å². The standard InChI is InChI=1S/C18H21NO2/c1-13-8-4-6-10-16(13)14(2)19-18(20)12-15-9-5-7-11-17(15)21-3/h4-11,14H,12H2,1-3H3,(H,19,20). The third kappa shape index (κ3) is 3.85. The van der Waals surface area contributed by atoms with Gasteiger partial charge in [-0.1, -0.05) is 42.5 Å². The largest absolute Gasteiger partial charge is 0.496 e. The number of methoxy groups -OCH3 is 1. The summed E-state index contributed by atoms with van der Waals surface area (Å²) in [6.45, 7) is 4.06. The number of para-hydroxylation sites is 1. The van der Waals surface area contributed by atoms with Gasteiger partial charge in [-0.05, 0) is 31.0 Å². The highest BCUT2D eigenvalue weighted by Gasteiger charge is 2.13. The number of rotatable bonds is 5. The van der Waals surface area contributed by atoms with Crippen molar-refractivity contribution in [3.05, 3.63) is 65.2 Å². The quantitative estimate of drug-likeness (QED) is 0.913. The zero-order chi connectivity index (χ0) is 15.2.